The number of nitrogens with one attached hydrogen (secondary N) is 2. The monoisotopic (exact) mass is 334 g/mol. The van der Waals surface area contributed by atoms with Gasteiger partial charge in [-0.05, 0) is 29.8 Å². The first kappa shape index (κ1) is 15.1. The van der Waals surface area contributed by atoms with E-state index in [0.717, 1.165) is 5.56 Å². The van der Waals surface area contributed by atoms with E-state index < -0.39 is 0 Å². The summed E-state index contributed by atoms with van der Waals surface area (Å²) in [7, 11) is 0. The van der Waals surface area contributed by atoms with Crippen molar-refractivity contribution in [2.75, 3.05) is 5.32 Å². The fraction of sp³-hybridized carbons (Fsp3) is 0.111. The number of carbonyl (C=O) groups is 2. The SMILES string of the molecule is O=C(Cn1cnc2ccccc2c1=O)Nc1ccc2c(c1)C(=O)NC2. The van der Waals surface area contributed by atoms with Crippen LogP contribution in [0.2, 0.25) is 0 Å². The van der Waals surface area contributed by atoms with Crippen molar-refractivity contribution < 1.29 is 9.59 Å². The molecule has 1 aliphatic rings. The van der Waals surface area contributed by atoms with Crippen LogP contribution in [0.4, 0.5) is 5.69 Å². The van der Waals surface area contributed by atoms with E-state index >= 15 is 0 Å². The number of para-hydroxylation sites is 1. The molecule has 7 nitrogen and oxygen atoms in total. The maximum Gasteiger partial charge on any atom is 0.261 e. The fourth-order valence-corrected chi connectivity index (χ4v) is 2.86. The highest BCUT2D eigenvalue weighted by molar-refractivity contribution is 6.00. The number of nitrogens with zero attached hydrogens (tertiary/aromatic N) is 2. The van der Waals surface area contributed by atoms with Gasteiger partial charge in [0.2, 0.25) is 5.91 Å². The molecule has 0 saturated heterocycles. The summed E-state index contributed by atoms with van der Waals surface area (Å²) in [6.45, 7) is 0.348. The Labute approximate surface area is 142 Å². The number of rotatable bonds is 3. The molecule has 2 amide bonds. The van der Waals surface area contributed by atoms with E-state index in [1.54, 1.807) is 42.5 Å². The van der Waals surface area contributed by atoms with Crippen LogP contribution in [0.25, 0.3) is 10.9 Å². The van der Waals surface area contributed by atoms with E-state index in [1.165, 1.54) is 10.9 Å². The van der Waals surface area contributed by atoms with Gasteiger partial charge in [0.1, 0.15) is 6.54 Å². The number of fused-ring (bicyclic) bond motifs is 2. The lowest BCUT2D eigenvalue weighted by atomic mass is 10.1. The van der Waals surface area contributed by atoms with Gasteiger partial charge in [-0.2, -0.15) is 0 Å². The fourth-order valence-electron chi connectivity index (χ4n) is 2.86. The lowest BCUT2D eigenvalue weighted by Crippen LogP contribution is -2.27. The third-order valence-corrected chi connectivity index (χ3v) is 4.12. The summed E-state index contributed by atoms with van der Waals surface area (Å²) in [5.74, 6) is -0.515. The smallest absolute Gasteiger partial charge is 0.261 e. The molecule has 124 valence electrons. The van der Waals surface area contributed by atoms with E-state index in [2.05, 4.69) is 15.6 Å². The molecule has 0 bridgehead atoms. The van der Waals surface area contributed by atoms with Crippen LogP contribution in [0, 0.1) is 0 Å². The van der Waals surface area contributed by atoms with Gasteiger partial charge in [0, 0.05) is 17.8 Å². The van der Waals surface area contributed by atoms with Crippen LogP contribution in [-0.2, 0) is 17.9 Å². The largest absolute Gasteiger partial charge is 0.348 e. The molecule has 0 atom stereocenters. The Morgan fingerprint density at radius 1 is 1.20 bits per heavy atom. The van der Waals surface area contributed by atoms with E-state index in [0.29, 0.717) is 28.7 Å². The summed E-state index contributed by atoms with van der Waals surface area (Å²) in [5.41, 5.74) is 2.30. The molecular weight excluding hydrogens is 320 g/mol. The van der Waals surface area contributed by atoms with Crippen LogP contribution < -0.4 is 16.2 Å². The highest BCUT2D eigenvalue weighted by Gasteiger charge is 2.19. The zero-order valence-corrected chi connectivity index (χ0v) is 13.2. The Balaban J connectivity index is 1.55. The second kappa shape index (κ2) is 5.86. The van der Waals surface area contributed by atoms with Gasteiger partial charge in [-0.3, -0.25) is 19.0 Å². The van der Waals surface area contributed by atoms with Crippen LogP contribution in [0.15, 0.2) is 53.6 Å². The molecule has 7 heteroatoms. The van der Waals surface area contributed by atoms with Gasteiger partial charge in [-0.15, -0.1) is 0 Å². The Morgan fingerprint density at radius 3 is 2.92 bits per heavy atom. The molecule has 25 heavy (non-hydrogen) atoms. The van der Waals surface area contributed by atoms with Gasteiger partial charge in [-0.1, -0.05) is 18.2 Å². The normalized spacial score (nSPS) is 12.7. The molecule has 4 rings (SSSR count). The summed E-state index contributed by atoms with van der Waals surface area (Å²) < 4.78 is 1.26. The minimum Gasteiger partial charge on any atom is -0.348 e. The Bertz CT molecular complexity index is 1070. The molecular formula is C18H14N4O3. The lowest BCUT2D eigenvalue weighted by Gasteiger charge is -2.09. The maximum atomic E-state index is 12.4. The molecule has 2 aromatic carbocycles. The summed E-state index contributed by atoms with van der Waals surface area (Å²) in [6, 6.07) is 12.2. The molecule has 1 aromatic heterocycles. The number of benzene rings is 2. The van der Waals surface area contributed by atoms with Crippen LogP contribution in [-0.4, -0.2) is 21.4 Å². The summed E-state index contributed by atoms with van der Waals surface area (Å²) >= 11 is 0. The number of hydrogen-bond donors (Lipinski definition) is 2. The van der Waals surface area contributed by atoms with Crippen LogP contribution in [0.1, 0.15) is 15.9 Å². The van der Waals surface area contributed by atoms with Crippen molar-refractivity contribution in [1.82, 2.24) is 14.9 Å². The van der Waals surface area contributed by atoms with Crippen molar-refractivity contribution in [3.05, 3.63) is 70.3 Å². The molecule has 3 aromatic rings. The van der Waals surface area contributed by atoms with Crippen LogP contribution >= 0.6 is 0 Å². The van der Waals surface area contributed by atoms with Crippen molar-refractivity contribution in [1.29, 1.82) is 0 Å². The molecule has 2 N–H and O–H groups in total. The highest BCUT2D eigenvalue weighted by Crippen LogP contribution is 2.20. The summed E-state index contributed by atoms with van der Waals surface area (Å²) in [4.78, 5) is 40.5. The van der Waals surface area contributed by atoms with Crippen LogP contribution in [0.5, 0.6) is 0 Å². The zero-order valence-electron chi connectivity index (χ0n) is 13.2. The first-order valence-electron chi connectivity index (χ1n) is 7.77. The van der Waals surface area contributed by atoms with Gasteiger partial charge < -0.3 is 10.6 Å². The Hall–Kier alpha value is -3.48. The average Bonchev–Trinajstić information content (AvgIpc) is 2.98. The van der Waals surface area contributed by atoms with Crippen molar-refractivity contribution in [2.45, 2.75) is 13.1 Å². The highest BCUT2D eigenvalue weighted by atomic mass is 16.2. The third-order valence-electron chi connectivity index (χ3n) is 4.12. The molecule has 0 aliphatic carbocycles. The van der Waals surface area contributed by atoms with Crippen molar-refractivity contribution in [2.24, 2.45) is 0 Å². The first-order valence-corrected chi connectivity index (χ1v) is 7.77. The predicted molar refractivity (Wildman–Crippen MR) is 92.2 cm³/mol. The third kappa shape index (κ3) is 2.76. The van der Waals surface area contributed by atoms with Crippen molar-refractivity contribution in [3.63, 3.8) is 0 Å². The van der Waals surface area contributed by atoms with E-state index in [9.17, 15) is 14.4 Å². The summed E-state index contributed by atoms with van der Waals surface area (Å²) in [5, 5.41) is 5.90. The number of carbonyl (C=O) groups excluding carboxylic acids is 2. The van der Waals surface area contributed by atoms with Gasteiger partial charge >= 0.3 is 0 Å². The maximum absolute atomic E-state index is 12.4. The molecule has 0 unspecified atom stereocenters. The Kier molecular flexibility index (Phi) is 3.53. The second-order valence-corrected chi connectivity index (χ2v) is 5.80. The number of hydrogen-bond acceptors (Lipinski definition) is 4. The predicted octanol–water partition coefficient (Wildman–Crippen LogP) is 1.28. The second-order valence-electron chi connectivity index (χ2n) is 5.80. The Morgan fingerprint density at radius 2 is 2.04 bits per heavy atom. The lowest BCUT2D eigenvalue weighted by molar-refractivity contribution is -0.116. The molecule has 1 aliphatic heterocycles. The number of amides is 2. The summed E-state index contributed by atoms with van der Waals surface area (Å²) in [6.07, 6.45) is 1.36. The zero-order chi connectivity index (χ0) is 17.4. The quantitative estimate of drug-likeness (QED) is 0.754. The van der Waals surface area contributed by atoms with Gasteiger partial charge in [0.25, 0.3) is 11.5 Å². The van der Waals surface area contributed by atoms with E-state index in [4.69, 9.17) is 0 Å². The first-order chi connectivity index (χ1) is 12.1. The number of anilines is 1. The van der Waals surface area contributed by atoms with E-state index in [1.807, 2.05) is 0 Å². The molecule has 0 radical (unpaired) electrons. The molecule has 0 fully saturated rings. The van der Waals surface area contributed by atoms with Gasteiger partial charge in [0.15, 0.2) is 0 Å². The topological polar surface area (TPSA) is 93.1 Å². The minimum absolute atomic E-state index is 0.152. The van der Waals surface area contributed by atoms with Crippen LogP contribution in [0.3, 0.4) is 0 Å². The molecule has 2 heterocycles. The minimum atomic E-state index is -0.363. The van der Waals surface area contributed by atoms with Gasteiger partial charge in [0.05, 0.1) is 17.2 Å². The van der Waals surface area contributed by atoms with Gasteiger partial charge in [-0.25, -0.2) is 4.98 Å². The van der Waals surface area contributed by atoms with Crippen molar-refractivity contribution in [3.8, 4) is 0 Å². The van der Waals surface area contributed by atoms with E-state index in [-0.39, 0.29) is 23.9 Å². The molecule has 0 saturated carbocycles. The van der Waals surface area contributed by atoms with Crippen molar-refractivity contribution >= 4 is 28.4 Å². The molecule has 0 spiro atoms. The number of aromatic nitrogens is 2. The average molecular weight is 334 g/mol. The standard InChI is InChI=1S/C18H14N4O3/c23-16(21-12-6-5-11-8-19-17(24)14(11)7-12)9-22-10-20-15-4-2-1-3-13(15)18(22)25/h1-7,10H,8-9H2,(H,19,24)(H,21,23).